The van der Waals surface area contributed by atoms with E-state index in [2.05, 4.69) is 16.7 Å². The summed E-state index contributed by atoms with van der Waals surface area (Å²) in [5.74, 6) is 0.426. The molecular formula is C14H18N4O2S. The van der Waals surface area contributed by atoms with E-state index in [0.717, 1.165) is 11.3 Å². The average molecular weight is 306 g/mol. The number of primary amides is 1. The number of nitriles is 1. The van der Waals surface area contributed by atoms with Gasteiger partial charge in [0.25, 0.3) is 0 Å². The zero-order valence-corrected chi connectivity index (χ0v) is 12.6. The third kappa shape index (κ3) is 6.19. The van der Waals surface area contributed by atoms with Crippen molar-refractivity contribution in [2.24, 2.45) is 5.73 Å². The monoisotopic (exact) mass is 306 g/mol. The van der Waals surface area contributed by atoms with E-state index in [1.54, 1.807) is 36.0 Å². The van der Waals surface area contributed by atoms with Gasteiger partial charge in [-0.15, -0.1) is 0 Å². The molecule has 112 valence electrons. The van der Waals surface area contributed by atoms with Gasteiger partial charge in [0, 0.05) is 5.69 Å². The van der Waals surface area contributed by atoms with Crippen molar-refractivity contribution >= 4 is 29.4 Å². The Morgan fingerprint density at radius 1 is 1.38 bits per heavy atom. The molecule has 4 N–H and O–H groups in total. The Morgan fingerprint density at radius 2 is 2.05 bits per heavy atom. The van der Waals surface area contributed by atoms with E-state index in [9.17, 15) is 9.59 Å². The number of urea groups is 1. The second-order valence-corrected chi connectivity index (χ2v) is 5.35. The highest BCUT2D eigenvalue weighted by atomic mass is 32.2. The Bertz CT molecular complexity index is 525. The average Bonchev–Trinajstić information content (AvgIpc) is 2.45. The van der Waals surface area contributed by atoms with Gasteiger partial charge in [-0.25, -0.2) is 4.79 Å². The number of carbonyl (C=O) groups excluding carboxylic acids is 2. The van der Waals surface area contributed by atoms with Crippen molar-refractivity contribution in [2.45, 2.75) is 18.9 Å². The number of benzene rings is 1. The van der Waals surface area contributed by atoms with Crippen molar-refractivity contribution in [1.29, 1.82) is 5.26 Å². The van der Waals surface area contributed by atoms with Gasteiger partial charge in [0.05, 0.1) is 12.5 Å². The molecule has 1 rings (SSSR count). The molecule has 0 bridgehead atoms. The van der Waals surface area contributed by atoms with Crippen molar-refractivity contribution in [3.8, 4) is 6.07 Å². The summed E-state index contributed by atoms with van der Waals surface area (Å²) in [4.78, 5) is 23.1. The first kappa shape index (κ1) is 16.9. The second-order valence-electron chi connectivity index (χ2n) is 4.36. The molecule has 21 heavy (non-hydrogen) atoms. The van der Waals surface area contributed by atoms with Gasteiger partial charge >= 0.3 is 6.03 Å². The van der Waals surface area contributed by atoms with E-state index in [4.69, 9.17) is 11.0 Å². The van der Waals surface area contributed by atoms with Crippen LogP contribution >= 0.6 is 11.8 Å². The lowest BCUT2D eigenvalue weighted by atomic mass is 10.1. The quantitative estimate of drug-likeness (QED) is 0.709. The molecule has 0 unspecified atom stereocenters. The van der Waals surface area contributed by atoms with Gasteiger partial charge in [0.2, 0.25) is 5.91 Å². The van der Waals surface area contributed by atoms with Crippen LogP contribution in [0.25, 0.3) is 0 Å². The number of nitrogens with zero attached hydrogens (tertiary/aromatic N) is 1. The molecule has 0 fully saturated rings. The fraction of sp³-hybridized carbons (Fsp3) is 0.357. The number of amides is 3. The fourth-order valence-electron chi connectivity index (χ4n) is 1.70. The van der Waals surface area contributed by atoms with Crippen molar-refractivity contribution < 1.29 is 9.59 Å². The van der Waals surface area contributed by atoms with Crippen LogP contribution in [-0.4, -0.2) is 30.0 Å². The highest BCUT2D eigenvalue weighted by Crippen LogP contribution is 2.11. The molecule has 0 heterocycles. The molecule has 3 amide bonds. The van der Waals surface area contributed by atoms with Gasteiger partial charge in [-0.3, -0.25) is 4.79 Å². The summed E-state index contributed by atoms with van der Waals surface area (Å²) in [5.41, 5.74) is 6.57. The minimum Gasteiger partial charge on any atom is -0.352 e. The van der Waals surface area contributed by atoms with Crippen molar-refractivity contribution in [2.75, 3.05) is 17.3 Å². The molecule has 0 saturated heterocycles. The number of carbonyl (C=O) groups is 2. The van der Waals surface area contributed by atoms with Crippen LogP contribution in [0.5, 0.6) is 0 Å². The van der Waals surface area contributed by atoms with Gasteiger partial charge in [-0.1, -0.05) is 12.1 Å². The first-order valence-electron chi connectivity index (χ1n) is 6.38. The Labute approximate surface area is 128 Å². The molecular weight excluding hydrogens is 288 g/mol. The molecule has 1 atom stereocenters. The van der Waals surface area contributed by atoms with Crippen molar-refractivity contribution in [3.63, 3.8) is 0 Å². The van der Waals surface area contributed by atoms with Crippen molar-refractivity contribution in [1.82, 2.24) is 5.32 Å². The van der Waals surface area contributed by atoms with E-state index in [1.807, 2.05) is 6.26 Å². The Kier molecular flexibility index (Phi) is 7.12. The van der Waals surface area contributed by atoms with Gasteiger partial charge in [-0.2, -0.15) is 17.0 Å². The SMILES string of the molecule is CSCC[C@@H](NC(N)=O)C(=O)Nc1ccc(CC#N)cc1. The highest BCUT2D eigenvalue weighted by molar-refractivity contribution is 7.98. The number of anilines is 1. The summed E-state index contributed by atoms with van der Waals surface area (Å²) in [5, 5.41) is 13.8. The number of hydrogen-bond donors (Lipinski definition) is 3. The van der Waals surface area contributed by atoms with Gasteiger partial charge in [-0.05, 0) is 36.1 Å². The largest absolute Gasteiger partial charge is 0.352 e. The van der Waals surface area contributed by atoms with E-state index in [1.165, 1.54) is 0 Å². The minimum absolute atomic E-state index is 0.309. The first-order valence-corrected chi connectivity index (χ1v) is 7.78. The maximum Gasteiger partial charge on any atom is 0.312 e. The standard InChI is InChI=1S/C14H18N4O2S/c1-21-9-7-12(18-14(16)20)13(19)17-11-4-2-10(3-5-11)6-8-15/h2-5,12H,6-7,9H2,1H3,(H,17,19)(H3,16,18,20)/t12-/m1/s1. The predicted molar refractivity (Wildman–Crippen MR) is 83.9 cm³/mol. The lowest BCUT2D eigenvalue weighted by Crippen LogP contribution is -2.46. The van der Waals surface area contributed by atoms with Crippen LogP contribution in [0.2, 0.25) is 0 Å². The fourth-order valence-corrected chi connectivity index (χ4v) is 2.17. The molecule has 6 nitrogen and oxygen atoms in total. The number of thioether (sulfide) groups is 1. The zero-order valence-electron chi connectivity index (χ0n) is 11.8. The molecule has 0 aliphatic heterocycles. The molecule has 0 saturated carbocycles. The Hall–Kier alpha value is -2.20. The van der Waals surface area contributed by atoms with Crippen LogP contribution in [0.1, 0.15) is 12.0 Å². The summed E-state index contributed by atoms with van der Waals surface area (Å²) < 4.78 is 0. The van der Waals surface area contributed by atoms with E-state index in [0.29, 0.717) is 18.5 Å². The van der Waals surface area contributed by atoms with Crippen molar-refractivity contribution in [3.05, 3.63) is 29.8 Å². The Morgan fingerprint density at radius 3 is 2.57 bits per heavy atom. The first-order chi connectivity index (χ1) is 10.1. The molecule has 0 aliphatic carbocycles. The molecule has 0 aliphatic rings. The van der Waals surface area contributed by atoms with Crippen LogP contribution in [-0.2, 0) is 11.2 Å². The van der Waals surface area contributed by atoms with Crippen LogP contribution in [0, 0.1) is 11.3 Å². The Balaban J connectivity index is 2.66. The summed E-state index contributed by atoms with van der Waals surface area (Å²) in [6.45, 7) is 0. The maximum atomic E-state index is 12.1. The van der Waals surface area contributed by atoms with Crippen LogP contribution in [0.3, 0.4) is 0 Å². The normalized spacial score (nSPS) is 11.2. The number of nitrogens with two attached hydrogens (primary N) is 1. The molecule has 0 aromatic heterocycles. The lowest BCUT2D eigenvalue weighted by Gasteiger charge is -2.17. The van der Waals surface area contributed by atoms with Gasteiger partial charge in [0.1, 0.15) is 6.04 Å². The highest BCUT2D eigenvalue weighted by Gasteiger charge is 2.19. The summed E-state index contributed by atoms with van der Waals surface area (Å²) in [6, 6.07) is 7.67. The predicted octanol–water partition coefficient (Wildman–Crippen LogP) is 1.48. The van der Waals surface area contributed by atoms with Crippen LogP contribution in [0.15, 0.2) is 24.3 Å². The molecule has 1 aromatic rings. The van der Waals surface area contributed by atoms with E-state index >= 15 is 0 Å². The van der Waals surface area contributed by atoms with Crippen LogP contribution in [0.4, 0.5) is 10.5 Å². The molecule has 0 spiro atoms. The minimum atomic E-state index is -0.722. The zero-order chi connectivity index (χ0) is 15.7. The van der Waals surface area contributed by atoms with E-state index in [-0.39, 0.29) is 5.91 Å². The maximum absolute atomic E-state index is 12.1. The molecule has 7 heteroatoms. The smallest absolute Gasteiger partial charge is 0.312 e. The number of nitrogens with one attached hydrogen (secondary N) is 2. The third-order valence-corrected chi connectivity index (χ3v) is 3.39. The van der Waals surface area contributed by atoms with Crippen LogP contribution < -0.4 is 16.4 Å². The third-order valence-electron chi connectivity index (χ3n) is 2.75. The molecule has 0 radical (unpaired) electrons. The summed E-state index contributed by atoms with van der Waals surface area (Å²) >= 11 is 1.59. The molecule has 1 aromatic carbocycles. The number of rotatable bonds is 7. The topological polar surface area (TPSA) is 108 Å². The lowest BCUT2D eigenvalue weighted by molar-refractivity contribution is -0.117. The summed E-state index contributed by atoms with van der Waals surface area (Å²) in [7, 11) is 0. The summed E-state index contributed by atoms with van der Waals surface area (Å²) in [6.07, 6.45) is 2.75. The van der Waals surface area contributed by atoms with Gasteiger partial charge < -0.3 is 16.4 Å². The second kappa shape index (κ2) is 8.87. The number of hydrogen-bond acceptors (Lipinski definition) is 4. The van der Waals surface area contributed by atoms with E-state index < -0.39 is 12.1 Å². The van der Waals surface area contributed by atoms with Gasteiger partial charge in [0.15, 0.2) is 0 Å².